The van der Waals surface area contributed by atoms with E-state index in [4.69, 9.17) is 4.74 Å². The minimum atomic E-state index is -0.733. The molecule has 1 aliphatic rings. The molecule has 1 fully saturated rings. The van der Waals surface area contributed by atoms with E-state index in [1.165, 1.54) is 37.3 Å². The molecule has 3 N–H and O–H groups in total. The van der Waals surface area contributed by atoms with E-state index in [1.807, 2.05) is 24.3 Å². The van der Waals surface area contributed by atoms with E-state index < -0.39 is 12.1 Å². The highest BCUT2D eigenvalue weighted by molar-refractivity contribution is 5.73. The van der Waals surface area contributed by atoms with Gasteiger partial charge in [-0.25, -0.2) is 0 Å². The van der Waals surface area contributed by atoms with Crippen LogP contribution in [0.25, 0.3) is 0 Å². The zero-order chi connectivity index (χ0) is 25.3. The molecule has 3 rings (SSSR count). The van der Waals surface area contributed by atoms with Crippen molar-refractivity contribution >= 4 is 5.91 Å². The summed E-state index contributed by atoms with van der Waals surface area (Å²) < 4.78 is 5.65. The maximum Gasteiger partial charge on any atom is 0.217 e. The Hall–Kier alpha value is -2.63. The summed E-state index contributed by atoms with van der Waals surface area (Å²) in [6.45, 7) is 10.5. The lowest BCUT2D eigenvalue weighted by Gasteiger charge is -2.40. The van der Waals surface area contributed by atoms with Crippen LogP contribution in [0.15, 0.2) is 61.2 Å². The van der Waals surface area contributed by atoms with E-state index in [1.54, 1.807) is 6.08 Å². The molecule has 0 unspecified atom stereocenters. The number of aliphatic hydroxyl groups excluding tert-OH is 1. The molecule has 0 saturated heterocycles. The third-order valence-electron chi connectivity index (χ3n) is 7.04. The number of amides is 1. The molecule has 2 aromatic carbocycles. The summed E-state index contributed by atoms with van der Waals surface area (Å²) >= 11 is 0. The van der Waals surface area contributed by atoms with Gasteiger partial charge in [0.1, 0.15) is 12.4 Å². The summed E-state index contributed by atoms with van der Waals surface area (Å²) in [5.74, 6) is 1.07. The van der Waals surface area contributed by atoms with Crippen molar-refractivity contribution in [3.05, 3.63) is 77.9 Å². The number of hydrogen-bond donors (Lipinski definition) is 3. The van der Waals surface area contributed by atoms with E-state index in [0.29, 0.717) is 25.5 Å². The molecule has 2 aromatic rings. The van der Waals surface area contributed by atoms with Crippen LogP contribution in [-0.2, 0) is 16.8 Å². The number of carbonyl (C=O) groups is 1. The van der Waals surface area contributed by atoms with E-state index >= 15 is 0 Å². The van der Waals surface area contributed by atoms with E-state index in [9.17, 15) is 9.90 Å². The summed E-state index contributed by atoms with van der Waals surface area (Å²) in [6, 6.07) is 16.3. The standard InChI is InChI=1S/C30H42N2O3/c1-5-17-35-27-14-9-11-24(18-27)19-28(32-23(4)33)29(34)21-31-30(15-7-6-8-16-30)26-13-10-12-25(20-26)22(2)3/h5,9-14,18,20,22,28-29,31,34H,1,6-8,15-17,19,21H2,2-4H3,(H,32,33)/t28-,29+/m0/s1. The molecule has 0 aromatic heterocycles. The topological polar surface area (TPSA) is 70.6 Å². The van der Waals surface area contributed by atoms with Gasteiger partial charge in [-0.05, 0) is 54.0 Å². The highest BCUT2D eigenvalue weighted by atomic mass is 16.5. The van der Waals surface area contributed by atoms with Crippen LogP contribution in [0.2, 0.25) is 0 Å². The number of carbonyl (C=O) groups excluding carboxylic acids is 1. The number of hydrogen-bond acceptors (Lipinski definition) is 4. The molecule has 5 nitrogen and oxygen atoms in total. The lowest BCUT2D eigenvalue weighted by molar-refractivity contribution is -0.120. The van der Waals surface area contributed by atoms with Gasteiger partial charge in [0.25, 0.3) is 0 Å². The van der Waals surface area contributed by atoms with Crippen LogP contribution < -0.4 is 15.4 Å². The lowest BCUT2D eigenvalue weighted by Crippen LogP contribution is -2.53. The fourth-order valence-electron chi connectivity index (χ4n) is 5.08. The van der Waals surface area contributed by atoms with Crippen molar-refractivity contribution in [2.75, 3.05) is 13.2 Å². The molecule has 0 heterocycles. The van der Waals surface area contributed by atoms with Gasteiger partial charge in [-0.3, -0.25) is 4.79 Å². The van der Waals surface area contributed by atoms with E-state index in [0.717, 1.165) is 24.2 Å². The molecule has 0 spiro atoms. The monoisotopic (exact) mass is 478 g/mol. The average Bonchev–Trinajstić information content (AvgIpc) is 2.86. The summed E-state index contributed by atoms with van der Waals surface area (Å²) in [4.78, 5) is 12.0. The Bertz CT molecular complexity index is 966. The van der Waals surface area contributed by atoms with Gasteiger partial charge in [0.15, 0.2) is 0 Å². The second-order valence-electron chi connectivity index (χ2n) is 10.1. The van der Waals surface area contributed by atoms with Crippen molar-refractivity contribution in [3.8, 4) is 5.75 Å². The van der Waals surface area contributed by atoms with E-state index in [-0.39, 0.29) is 11.4 Å². The Morgan fingerprint density at radius 3 is 2.57 bits per heavy atom. The van der Waals surface area contributed by atoms with Gasteiger partial charge in [0.05, 0.1) is 12.1 Å². The second kappa shape index (κ2) is 12.9. The Labute approximate surface area is 211 Å². The summed E-state index contributed by atoms with van der Waals surface area (Å²) in [5.41, 5.74) is 3.49. The van der Waals surface area contributed by atoms with Crippen LogP contribution in [0.4, 0.5) is 0 Å². The average molecular weight is 479 g/mol. The molecule has 1 aliphatic carbocycles. The zero-order valence-electron chi connectivity index (χ0n) is 21.6. The fourth-order valence-corrected chi connectivity index (χ4v) is 5.08. The third-order valence-corrected chi connectivity index (χ3v) is 7.04. The predicted octanol–water partition coefficient (Wildman–Crippen LogP) is 5.23. The van der Waals surface area contributed by atoms with Crippen LogP contribution in [0, 0.1) is 0 Å². The number of ether oxygens (including phenoxy) is 1. The van der Waals surface area contributed by atoms with Crippen LogP contribution in [-0.4, -0.2) is 36.3 Å². The first-order chi connectivity index (χ1) is 16.8. The summed E-state index contributed by atoms with van der Waals surface area (Å²) in [5, 5.41) is 18.0. The fraction of sp³-hybridized carbons (Fsp3) is 0.500. The van der Waals surface area contributed by atoms with Gasteiger partial charge in [-0.1, -0.05) is 82.2 Å². The first kappa shape index (κ1) is 27.0. The maximum absolute atomic E-state index is 12.0. The smallest absolute Gasteiger partial charge is 0.217 e. The largest absolute Gasteiger partial charge is 0.490 e. The molecule has 1 saturated carbocycles. The van der Waals surface area contributed by atoms with Crippen molar-refractivity contribution in [1.82, 2.24) is 10.6 Å². The predicted molar refractivity (Wildman–Crippen MR) is 143 cm³/mol. The van der Waals surface area contributed by atoms with Gasteiger partial charge in [-0.15, -0.1) is 0 Å². The quantitative estimate of drug-likeness (QED) is 0.365. The van der Waals surface area contributed by atoms with Crippen molar-refractivity contribution in [3.63, 3.8) is 0 Å². The highest BCUT2D eigenvalue weighted by Crippen LogP contribution is 2.38. The van der Waals surface area contributed by atoms with Gasteiger partial charge >= 0.3 is 0 Å². The van der Waals surface area contributed by atoms with Crippen molar-refractivity contribution in [2.45, 2.75) is 82.9 Å². The SMILES string of the molecule is C=CCOc1cccc(C[C@H](NC(C)=O)[C@H](O)CNC2(c3cccc(C(C)C)c3)CCCCC2)c1. The van der Waals surface area contributed by atoms with Gasteiger partial charge in [-0.2, -0.15) is 0 Å². The molecule has 190 valence electrons. The Balaban J connectivity index is 1.75. The highest BCUT2D eigenvalue weighted by Gasteiger charge is 2.35. The molecule has 5 heteroatoms. The summed E-state index contributed by atoms with van der Waals surface area (Å²) in [6.07, 6.45) is 7.18. The number of benzene rings is 2. The molecular weight excluding hydrogens is 436 g/mol. The van der Waals surface area contributed by atoms with Crippen molar-refractivity contribution in [1.29, 1.82) is 0 Å². The number of rotatable bonds is 12. The third kappa shape index (κ3) is 7.68. The van der Waals surface area contributed by atoms with Crippen molar-refractivity contribution in [2.24, 2.45) is 0 Å². The Morgan fingerprint density at radius 1 is 1.14 bits per heavy atom. The normalized spacial score (nSPS) is 16.9. The van der Waals surface area contributed by atoms with Gasteiger partial charge in [0.2, 0.25) is 5.91 Å². The van der Waals surface area contributed by atoms with Crippen molar-refractivity contribution < 1.29 is 14.6 Å². The minimum Gasteiger partial charge on any atom is -0.490 e. The Kier molecular flexibility index (Phi) is 9.93. The van der Waals surface area contributed by atoms with Gasteiger partial charge < -0.3 is 20.5 Å². The van der Waals surface area contributed by atoms with Crippen LogP contribution >= 0.6 is 0 Å². The maximum atomic E-state index is 12.0. The van der Waals surface area contributed by atoms with E-state index in [2.05, 4.69) is 55.3 Å². The zero-order valence-corrected chi connectivity index (χ0v) is 21.6. The molecule has 0 bridgehead atoms. The molecule has 1 amide bonds. The molecule has 0 aliphatic heterocycles. The minimum absolute atomic E-state index is 0.148. The number of nitrogens with one attached hydrogen (secondary N) is 2. The van der Waals surface area contributed by atoms with Gasteiger partial charge in [0, 0.05) is 19.0 Å². The van der Waals surface area contributed by atoms with Crippen LogP contribution in [0.3, 0.4) is 0 Å². The second-order valence-corrected chi connectivity index (χ2v) is 10.1. The first-order valence-corrected chi connectivity index (χ1v) is 13.0. The molecule has 35 heavy (non-hydrogen) atoms. The molecule has 2 atom stereocenters. The lowest BCUT2D eigenvalue weighted by atomic mass is 9.75. The molecule has 0 radical (unpaired) electrons. The molecular formula is C30H42N2O3. The summed E-state index contributed by atoms with van der Waals surface area (Å²) in [7, 11) is 0. The first-order valence-electron chi connectivity index (χ1n) is 13.0. The van der Waals surface area contributed by atoms with Crippen LogP contribution in [0.5, 0.6) is 5.75 Å². The number of aliphatic hydroxyl groups is 1. The Morgan fingerprint density at radius 2 is 1.89 bits per heavy atom. The van der Waals surface area contributed by atoms with Crippen LogP contribution in [0.1, 0.15) is 75.5 Å².